The highest BCUT2D eigenvalue weighted by Crippen LogP contribution is 2.13. The topological polar surface area (TPSA) is 108 Å². The van der Waals surface area contributed by atoms with Crippen molar-refractivity contribution < 1.29 is 13.2 Å². The van der Waals surface area contributed by atoms with Crippen LogP contribution in [0.15, 0.2) is 0 Å². The fourth-order valence-electron chi connectivity index (χ4n) is 2.12. The van der Waals surface area contributed by atoms with E-state index in [-0.39, 0.29) is 23.5 Å². The molecule has 1 fully saturated rings. The summed E-state index contributed by atoms with van der Waals surface area (Å²) >= 11 is 0. The lowest BCUT2D eigenvalue weighted by Crippen LogP contribution is -2.47. The maximum Gasteiger partial charge on any atom is 0.293 e. The highest BCUT2D eigenvalue weighted by Gasteiger charge is 2.27. The number of nitrogens with zero attached hydrogens (tertiary/aromatic N) is 3. The lowest BCUT2D eigenvalue weighted by Gasteiger charge is -2.31. The van der Waals surface area contributed by atoms with Crippen molar-refractivity contribution in [1.82, 2.24) is 24.8 Å². The Kier molecular flexibility index (Phi) is 4.39. The Morgan fingerprint density at radius 3 is 2.60 bits per heavy atom. The number of aryl methyl sites for hydroxylation is 1. The Morgan fingerprint density at radius 2 is 2.10 bits per heavy atom. The van der Waals surface area contributed by atoms with Crippen LogP contribution in [0.3, 0.4) is 0 Å². The summed E-state index contributed by atoms with van der Waals surface area (Å²) in [6.45, 7) is 4.34. The van der Waals surface area contributed by atoms with E-state index in [2.05, 4.69) is 19.9 Å². The average Bonchev–Trinajstić information content (AvgIpc) is 2.85. The van der Waals surface area contributed by atoms with Crippen LogP contribution in [0.2, 0.25) is 0 Å². The number of H-pyrrole nitrogens is 1. The minimum atomic E-state index is -3.19. The molecular formula is C11H19N5O3S. The second kappa shape index (κ2) is 5.88. The molecule has 0 bridgehead atoms. The first-order valence-electron chi connectivity index (χ1n) is 6.59. The van der Waals surface area contributed by atoms with Crippen LogP contribution in [-0.2, 0) is 10.0 Å². The third-order valence-corrected chi connectivity index (χ3v) is 4.75. The molecule has 1 aliphatic rings. The van der Waals surface area contributed by atoms with Gasteiger partial charge >= 0.3 is 0 Å². The minimum Gasteiger partial charge on any atom is -0.336 e. The van der Waals surface area contributed by atoms with Crippen molar-refractivity contribution in [2.45, 2.75) is 32.7 Å². The number of nitrogens with one attached hydrogen (secondary N) is 2. The van der Waals surface area contributed by atoms with Gasteiger partial charge in [0.05, 0.1) is 5.75 Å². The highest BCUT2D eigenvalue weighted by atomic mass is 32.2. The van der Waals surface area contributed by atoms with Gasteiger partial charge in [-0.25, -0.2) is 18.1 Å². The van der Waals surface area contributed by atoms with Gasteiger partial charge in [-0.1, -0.05) is 0 Å². The van der Waals surface area contributed by atoms with E-state index in [1.54, 1.807) is 18.7 Å². The van der Waals surface area contributed by atoms with E-state index in [1.165, 1.54) is 0 Å². The lowest BCUT2D eigenvalue weighted by atomic mass is 10.1. The SMILES string of the molecule is CCS(=O)(=O)NC1CCN(C(=O)c2n[nH]c(C)n2)CC1. The zero-order valence-corrected chi connectivity index (χ0v) is 12.4. The zero-order valence-electron chi connectivity index (χ0n) is 11.6. The van der Waals surface area contributed by atoms with Crippen molar-refractivity contribution in [2.24, 2.45) is 0 Å². The summed E-state index contributed by atoms with van der Waals surface area (Å²) < 4.78 is 25.6. The van der Waals surface area contributed by atoms with Gasteiger partial charge in [0.25, 0.3) is 5.91 Å². The third kappa shape index (κ3) is 3.54. The Labute approximate surface area is 118 Å². The van der Waals surface area contributed by atoms with Gasteiger partial charge in [0.2, 0.25) is 15.8 Å². The molecule has 1 aromatic heterocycles. The molecule has 0 aliphatic carbocycles. The summed E-state index contributed by atoms with van der Waals surface area (Å²) in [5, 5.41) is 6.48. The maximum absolute atomic E-state index is 12.1. The first kappa shape index (κ1) is 14.9. The van der Waals surface area contributed by atoms with Gasteiger partial charge < -0.3 is 4.90 Å². The van der Waals surface area contributed by atoms with Crippen LogP contribution >= 0.6 is 0 Å². The molecule has 112 valence electrons. The first-order chi connectivity index (χ1) is 9.41. The fourth-order valence-corrected chi connectivity index (χ4v) is 3.03. The Bertz CT molecular complexity index is 575. The molecule has 0 unspecified atom stereocenters. The second-order valence-corrected chi connectivity index (χ2v) is 6.87. The molecule has 0 saturated carbocycles. The predicted molar refractivity (Wildman–Crippen MR) is 72.6 cm³/mol. The van der Waals surface area contributed by atoms with E-state index in [1.807, 2.05) is 0 Å². The van der Waals surface area contributed by atoms with Crippen LogP contribution in [-0.4, -0.2) is 59.3 Å². The van der Waals surface area contributed by atoms with Gasteiger partial charge in [-0.15, -0.1) is 5.10 Å². The number of aromatic nitrogens is 3. The van der Waals surface area contributed by atoms with E-state index in [0.717, 1.165) is 0 Å². The van der Waals surface area contributed by atoms with Crippen molar-refractivity contribution >= 4 is 15.9 Å². The minimum absolute atomic E-state index is 0.0720. The summed E-state index contributed by atoms with van der Waals surface area (Å²) in [6, 6.07) is -0.0992. The largest absolute Gasteiger partial charge is 0.336 e. The number of amides is 1. The van der Waals surface area contributed by atoms with Crippen LogP contribution in [0.4, 0.5) is 0 Å². The number of hydrogen-bond donors (Lipinski definition) is 2. The number of carbonyl (C=O) groups excluding carboxylic acids is 1. The van der Waals surface area contributed by atoms with Gasteiger partial charge in [-0.05, 0) is 26.7 Å². The molecule has 0 aromatic carbocycles. The van der Waals surface area contributed by atoms with Crippen LogP contribution in [0.1, 0.15) is 36.2 Å². The Morgan fingerprint density at radius 1 is 1.45 bits per heavy atom. The second-order valence-electron chi connectivity index (χ2n) is 4.83. The fraction of sp³-hybridized carbons (Fsp3) is 0.727. The van der Waals surface area contributed by atoms with Crippen LogP contribution in [0, 0.1) is 6.92 Å². The highest BCUT2D eigenvalue weighted by molar-refractivity contribution is 7.89. The number of piperidine rings is 1. The molecule has 2 heterocycles. The van der Waals surface area contributed by atoms with Crippen molar-refractivity contribution in [3.63, 3.8) is 0 Å². The van der Waals surface area contributed by atoms with Crippen molar-refractivity contribution in [3.8, 4) is 0 Å². The van der Waals surface area contributed by atoms with Crippen LogP contribution in [0.5, 0.6) is 0 Å². The number of aromatic amines is 1. The summed E-state index contributed by atoms with van der Waals surface area (Å²) in [5.74, 6) is 0.614. The molecule has 0 atom stereocenters. The molecule has 8 nitrogen and oxygen atoms in total. The number of likely N-dealkylation sites (tertiary alicyclic amines) is 1. The van der Waals surface area contributed by atoms with E-state index < -0.39 is 10.0 Å². The van der Waals surface area contributed by atoms with Crippen LogP contribution < -0.4 is 4.72 Å². The van der Waals surface area contributed by atoms with Crippen molar-refractivity contribution in [1.29, 1.82) is 0 Å². The Hall–Kier alpha value is -1.48. The molecular weight excluding hydrogens is 282 g/mol. The molecule has 2 N–H and O–H groups in total. The molecule has 0 radical (unpaired) electrons. The molecule has 1 aromatic rings. The quantitative estimate of drug-likeness (QED) is 0.790. The molecule has 20 heavy (non-hydrogen) atoms. The number of rotatable bonds is 4. The van der Waals surface area contributed by atoms with E-state index in [9.17, 15) is 13.2 Å². The molecule has 2 rings (SSSR count). The normalized spacial score (nSPS) is 17.4. The summed E-state index contributed by atoms with van der Waals surface area (Å²) in [5.41, 5.74) is 0. The molecule has 9 heteroatoms. The molecule has 1 amide bonds. The van der Waals surface area contributed by atoms with E-state index >= 15 is 0 Å². The Balaban J connectivity index is 1.90. The summed E-state index contributed by atoms with van der Waals surface area (Å²) in [6.07, 6.45) is 1.21. The summed E-state index contributed by atoms with van der Waals surface area (Å²) in [4.78, 5) is 17.8. The smallest absolute Gasteiger partial charge is 0.293 e. The monoisotopic (exact) mass is 301 g/mol. The van der Waals surface area contributed by atoms with Crippen LogP contribution in [0.25, 0.3) is 0 Å². The maximum atomic E-state index is 12.1. The van der Waals surface area contributed by atoms with Gasteiger partial charge in [0.1, 0.15) is 5.82 Å². The zero-order chi connectivity index (χ0) is 14.8. The summed E-state index contributed by atoms with van der Waals surface area (Å²) in [7, 11) is -3.19. The van der Waals surface area contributed by atoms with E-state index in [4.69, 9.17) is 0 Å². The standard InChI is InChI=1S/C11H19N5O3S/c1-3-20(18,19)15-9-4-6-16(7-5-9)11(17)10-12-8(2)13-14-10/h9,15H,3-7H2,1-2H3,(H,12,13,14). The number of hydrogen-bond acceptors (Lipinski definition) is 5. The van der Waals surface area contributed by atoms with E-state index in [0.29, 0.717) is 31.8 Å². The lowest BCUT2D eigenvalue weighted by molar-refractivity contribution is 0.0699. The number of carbonyl (C=O) groups is 1. The van der Waals surface area contributed by atoms with Gasteiger partial charge in [-0.3, -0.25) is 9.89 Å². The van der Waals surface area contributed by atoms with Crippen molar-refractivity contribution in [2.75, 3.05) is 18.8 Å². The first-order valence-corrected chi connectivity index (χ1v) is 8.25. The predicted octanol–water partition coefficient (Wildman–Crippen LogP) is -0.343. The van der Waals surface area contributed by atoms with Gasteiger partial charge in [0, 0.05) is 19.1 Å². The molecule has 1 saturated heterocycles. The van der Waals surface area contributed by atoms with Crippen molar-refractivity contribution in [3.05, 3.63) is 11.6 Å². The average molecular weight is 301 g/mol. The van der Waals surface area contributed by atoms with Gasteiger partial charge in [-0.2, -0.15) is 0 Å². The van der Waals surface area contributed by atoms with Gasteiger partial charge in [0.15, 0.2) is 0 Å². The third-order valence-electron chi connectivity index (χ3n) is 3.30. The molecule has 1 aliphatic heterocycles. The molecule has 0 spiro atoms. The number of sulfonamides is 1.